The first-order valence-corrected chi connectivity index (χ1v) is 12.7. The van der Waals surface area contributed by atoms with Gasteiger partial charge in [-0.1, -0.05) is 0 Å². The Hall–Kier alpha value is -1.24. The average Bonchev–Trinajstić information content (AvgIpc) is 2.69. The highest BCUT2D eigenvalue weighted by Crippen LogP contribution is 2.31. The second-order valence-electron chi connectivity index (χ2n) is 7.46. The summed E-state index contributed by atoms with van der Waals surface area (Å²) in [5, 5.41) is 0. The molecule has 0 amide bonds. The number of nitrogens with zero attached hydrogens (tertiary/aromatic N) is 4. The Morgan fingerprint density at radius 2 is 1.28 bits per heavy atom. The third-order valence-corrected chi connectivity index (χ3v) is 9.21. The van der Waals surface area contributed by atoms with Crippen LogP contribution in [0.4, 0.5) is 0 Å². The van der Waals surface area contributed by atoms with Crippen molar-refractivity contribution in [2.75, 3.05) is 73.1 Å². The van der Waals surface area contributed by atoms with Crippen molar-refractivity contribution in [3.63, 3.8) is 0 Å². The zero-order valence-electron chi connectivity index (χ0n) is 17.2. The molecule has 11 heteroatoms. The van der Waals surface area contributed by atoms with Crippen molar-refractivity contribution in [3.05, 3.63) is 18.2 Å². The fourth-order valence-electron chi connectivity index (χ4n) is 3.47. The van der Waals surface area contributed by atoms with E-state index in [4.69, 9.17) is 4.74 Å². The molecule has 1 aromatic rings. The Bertz CT molecular complexity index is 920. The minimum Gasteiger partial charge on any atom is -0.492 e. The molecule has 0 aliphatic carbocycles. The van der Waals surface area contributed by atoms with Crippen LogP contribution in [0.2, 0.25) is 0 Å². The minimum atomic E-state index is -3.87. The lowest BCUT2D eigenvalue weighted by molar-refractivity contribution is 0.221. The summed E-state index contributed by atoms with van der Waals surface area (Å²) in [7, 11) is -3.76. The maximum absolute atomic E-state index is 13.3. The molecule has 0 N–H and O–H groups in total. The summed E-state index contributed by atoms with van der Waals surface area (Å²) in [6.07, 6.45) is 0. The van der Waals surface area contributed by atoms with Crippen molar-refractivity contribution in [2.45, 2.75) is 16.7 Å². The van der Waals surface area contributed by atoms with E-state index in [1.54, 1.807) is 6.92 Å². The smallest absolute Gasteiger partial charge is 0.246 e. The maximum Gasteiger partial charge on any atom is 0.246 e. The summed E-state index contributed by atoms with van der Waals surface area (Å²) < 4.78 is 61.2. The van der Waals surface area contributed by atoms with Gasteiger partial charge in [0.15, 0.2) is 0 Å². The molecule has 2 aliphatic rings. The van der Waals surface area contributed by atoms with Gasteiger partial charge < -0.3 is 14.5 Å². The lowest BCUT2D eigenvalue weighted by Crippen LogP contribution is -2.47. The maximum atomic E-state index is 13.3. The number of hydrogen-bond acceptors (Lipinski definition) is 7. The molecule has 164 valence electrons. The van der Waals surface area contributed by atoms with Gasteiger partial charge in [0, 0.05) is 52.4 Å². The van der Waals surface area contributed by atoms with E-state index in [0.717, 1.165) is 0 Å². The highest BCUT2D eigenvalue weighted by molar-refractivity contribution is 7.90. The fraction of sp³-hybridized carbons (Fsp3) is 0.667. The number of piperazine rings is 2. The molecule has 0 unspecified atom stereocenters. The van der Waals surface area contributed by atoms with Gasteiger partial charge in [0.25, 0.3) is 0 Å². The molecule has 0 aromatic heterocycles. The van der Waals surface area contributed by atoms with E-state index in [0.29, 0.717) is 52.4 Å². The van der Waals surface area contributed by atoms with Crippen LogP contribution in [0.3, 0.4) is 0 Å². The van der Waals surface area contributed by atoms with Crippen molar-refractivity contribution in [2.24, 2.45) is 0 Å². The van der Waals surface area contributed by atoms with Crippen molar-refractivity contribution in [1.82, 2.24) is 18.4 Å². The average molecular weight is 447 g/mol. The van der Waals surface area contributed by atoms with Crippen molar-refractivity contribution < 1.29 is 21.6 Å². The van der Waals surface area contributed by atoms with E-state index in [1.807, 2.05) is 14.1 Å². The molecule has 1 aromatic carbocycles. The van der Waals surface area contributed by atoms with E-state index in [9.17, 15) is 16.8 Å². The van der Waals surface area contributed by atoms with Crippen LogP contribution in [0.25, 0.3) is 0 Å². The number of benzene rings is 1. The molecule has 2 saturated heterocycles. The molecular formula is C18H30N4O5S2. The first-order chi connectivity index (χ1) is 13.7. The van der Waals surface area contributed by atoms with Crippen molar-refractivity contribution >= 4 is 20.0 Å². The fourth-order valence-corrected chi connectivity index (χ4v) is 6.57. The second-order valence-corrected chi connectivity index (χ2v) is 11.3. The topological polar surface area (TPSA) is 90.5 Å². The Labute approximate surface area is 173 Å². The molecule has 0 saturated carbocycles. The first-order valence-electron chi connectivity index (χ1n) is 9.80. The lowest BCUT2D eigenvalue weighted by atomic mass is 10.3. The highest BCUT2D eigenvalue weighted by atomic mass is 32.2. The monoisotopic (exact) mass is 446 g/mol. The zero-order chi connectivity index (χ0) is 21.2. The second kappa shape index (κ2) is 8.86. The third kappa shape index (κ3) is 4.75. The molecule has 0 radical (unpaired) electrons. The zero-order valence-corrected chi connectivity index (χ0v) is 18.9. The van der Waals surface area contributed by atoms with E-state index < -0.39 is 20.0 Å². The minimum absolute atomic E-state index is 0.0155. The molecule has 0 atom stereocenters. The lowest BCUT2D eigenvalue weighted by Gasteiger charge is -2.33. The molecule has 3 rings (SSSR count). The largest absolute Gasteiger partial charge is 0.492 e. The molecule has 2 aliphatic heterocycles. The van der Waals surface area contributed by atoms with E-state index >= 15 is 0 Å². The van der Waals surface area contributed by atoms with Crippen LogP contribution in [0, 0.1) is 0 Å². The van der Waals surface area contributed by atoms with Crippen molar-refractivity contribution in [3.8, 4) is 5.75 Å². The van der Waals surface area contributed by atoms with Gasteiger partial charge in [-0.05, 0) is 39.2 Å². The molecule has 0 bridgehead atoms. The third-order valence-electron chi connectivity index (χ3n) is 5.40. The molecule has 2 heterocycles. The van der Waals surface area contributed by atoms with Crippen LogP contribution in [-0.2, 0) is 20.0 Å². The molecule has 9 nitrogen and oxygen atoms in total. The van der Waals surface area contributed by atoms with Crippen molar-refractivity contribution in [1.29, 1.82) is 0 Å². The Balaban J connectivity index is 1.98. The normalized spacial score (nSPS) is 21.3. The standard InChI is InChI=1S/C18H30N4O5S2/c1-4-27-17-6-5-16(28(23,24)21-11-7-19(2)8-12-21)15-18(17)29(25,26)22-13-9-20(3)10-14-22/h5-6,15H,4,7-14H2,1-3H3. The van der Waals surface area contributed by atoms with Gasteiger partial charge in [-0.15, -0.1) is 0 Å². The van der Waals surface area contributed by atoms with Gasteiger partial charge in [0.1, 0.15) is 10.6 Å². The summed E-state index contributed by atoms with van der Waals surface area (Å²) in [6, 6.07) is 4.14. The summed E-state index contributed by atoms with van der Waals surface area (Å²) in [5.74, 6) is 0.184. The Morgan fingerprint density at radius 1 is 0.793 bits per heavy atom. The Morgan fingerprint density at radius 3 is 1.76 bits per heavy atom. The summed E-state index contributed by atoms with van der Waals surface area (Å²) in [4.78, 5) is 4.02. The Kier molecular flexibility index (Phi) is 6.86. The van der Waals surface area contributed by atoms with E-state index in [2.05, 4.69) is 9.80 Å². The van der Waals surface area contributed by atoms with Gasteiger partial charge in [-0.2, -0.15) is 8.61 Å². The predicted molar refractivity (Wildman–Crippen MR) is 110 cm³/mol. The SMILES string of the molecule is CCOc1ccc(S(=O)(=O)N2CCN(C)CC2)cc1S(=O)(=O)N1CCN(C)CC1. The molecule has 29 heavy (non-hydrogen) atoms. The van der Waals surface area contributed by atoms with Crippen LogP contribution in [0.5, 0.6) is 5.75 Å². The van der Waals surface area contributed by atoms with Crippen LogP contribution in [-0.4, -0.2) is 108 Å². The molecule has 2 fully saturated rings. The number of sulfonamides is 2. The van der Waals surface area contributed by atoms with Crippen LogP contribution < -0.4 is 4.74 Å². The number of rotatable bonds is 6. The van der Waals surface area contributed by atoms with Gasteiger partial charge in [0.2, 0.25) is 20.0 Å². The van der Waals surface area contributed by atoms with Gasteiger partial charge >= 0.3 is 0 Å². The highest BCUT2D eigenvalue weighted by Gasteiger charge is 2.33. The quantitative estimate of drug-likeness (QED) is 0.606. The predicted octanol–water partition coefficient (Wildman–Crippen LogP) is -0.0425. The van der Waals surface area contributed by atoms with Crippen LogP contribution >= 0.6 is 0 Å². The molecular weight excluding hydrogens is 416 g/mol. The van der Waals surface area contributed by atoms with E-state index in [1.165, 1.54) is 26.8 Å². The van der Waals surface area contributed by atoms with Gasteiger partial charge in [0.05, 0.1) is 11.5 Å². The van der Waals surface area contributed by atoms with Gasteiger partial charge in [-0.3, -0.25) is 0 Å². The number of likely N-dealkylation sites (N-methyl/N-ethyl adjacent to an activating group) is 2. The van der Waals surface area contributed by atoms with Crippen LogP contribution in [0.1, 0.15) is 6.92 Å². The summed E-state index contributed by atoms with van der Waals surface area (Å²) in [6.45, 7) is 6.08. The van der Waals surface area contributed by atoms with E-state index in [-0.39, 0.29) is 22.1 Å². The summed E-state index contributed by atoms with van der Waals surface area (Å²) >= 11 is 0. The van der Waals surface area contributed by atoms with Gasteiger partial charge in [-0.25, -0.2) is 16.8 Å². The van der Waals surface area contributed by atoms with Crippen LogP contribution in [0.15, 0.2) is 28.0 Å². The number of ether oxygens (including phenoxy) is 1. The summed E-state index contributed by atoms with van der Waals surface area (Å²) in [5.41, 5.74) is 0. The number of hydrogen-bond donors (Lipinski definition) is 0. The first kappa shape index (κ1) is 22.4. The molecule has 0 spiro atoms.